The van der Waals surface area contributed by atoms with Gasteiger partial charge in [-0.05, 0) is 43.9 Å². The maximum Gasteiger partial charge on any atom is 0.228 e. The minimum absolute atomic E-state index is 0.0923. The van der Waals surface area contributed by atoms with Crippen LogP contribution in [0.3, 0.4) is 0 Å². The van der Waals surface area contributed by atoms with Crippen molar-refractivity contribution in [3.05, 3.63) is 41.8 Å². The van der Waals surface area contributed by atoms with Gasteiger partial charge in [0.25, 0.3) is 0 Å². The van der Waals surface area contributed by atoms with Gasteiger partial charge < -0.3 is 25.1 Å². The molecule has 1 atom stereocenters. The van der Waals surface area contributed by atoms with Crippen LogP contribution in [0.4, 0.5) is 17.6 Å². The Bertz CT molecular complexity index is 998. The molecule has 0 radical (unpaired) electrons. The second-order valence-electron chi connectivity index (χ2n) is 9.13. The summed E-state index contributed by atoms with van der Waals surface area (Å²) < 4.78 is 6.16. The molecule has 3 heterocycles. The molecule has 1 aliphatic carbocycles. The number of hydrogen-bond donors (Lipinski definition) is 4. The Kier molecular flexibility index (Phi) is 7.14. The number of ether oxygens (including phenoxy) is 1. The summed E-state index contributed by atoms with van der Waals surface area (Å²) in [5, 5.41) is 13.9. The van der Waals surface area contributed by atoms with Crippen LogP contribution in [0.5, 0.6) is 5.88 Å². The van der Waals surface area contributed by atoms with Crippen molar-refractivity contribution in [2.24, 2.45) is 11.8 Å². The zero-order chi connectivity index (χ0) is 23.4. The summed E-state index contributed by atoms with van der Waals surface area (Å²) in [5.41, 5.74) is 2.07. The highest BCUT2D eigenvalue weighted by Crippen LogP contribution is 2.39. The Morgan fingerprint density at radius 3 is 2.79 bits per heavy atom. The molecule has 2 fully saturated rings. The Balaban J connectivity index is 1.50. The summed E-state index contributed by atoms with van der Waals surface area (Å²) in [5.74, 6) is 9.09. The minimum Gasteiger partial charge on any atom is -0.473 e. The van der Waals surface area contributed by atoms with Crippen LogP contribution in [-0.2, 0) is 4.84 Å². The summed E-state index contributed by atoms with van der Waals surface area (Å²) in [4.78, 5) is 16.4. The van der Waals surface area contributed by atoms with Crippen molar-refractivity contribution in [3.63, 3.8) is 0 Å². The van der Waals surface area contributed by atoms with Gasteiger partial charge in [-0.1, -0.05) is 20.4 Å². The topological polar surface area (TPSA) is 126 Å². The van der Waals surface area contributed by atoms with Gasteiger partial charge in [-0.15, -0.1) is 0 Å². The van der Waals surface area contributed by atoms with Gasteiger partial charge in [0.1, 0.15) is 17.7 Å². The number of allylic oxidation sites excluding steroid dienone is 2. The van der Waals surface area contributed by atoms with E-state index in [1.807, 2.05) is 12.1 Å². The molecule has 10 heteroatoms. The van der Waals surface area contributed by atoms with E-state index in [2.05, 4.69) is 63.2 Å². The predicted molar refractivity (Wildman–Crippen MR) is 128 cm³/mol. The molecule has 4 rings (SSSR count). The van der Waals surface area contributed by atoms with Gasteiger partial charge in [-0.3, -0.25) is 5.10 Å². The number of nitrogens with zero attached hydrogens (tertiary/aromatic N) is 4. The second kappa shape index (κ2) is 10.2. The number of aromatic amines is 1. The van der Waals surface area contributed by atoms with E-state index in [-0.39, 0.29) is 12.0 Å². The largest absolute Gasteiger partial charge is 0.473 e. The Hall–Kier alpha value is -3.11. The van der Waals surface area contributed by atoms with E-state index in [0.29, 0.717) is 41.7 Å². The van der Waals surface area contributed by atoms with Gasteiger partial charge >= 0.3 is 0 Å². The van der Waals surface area contributed by atoms with Crippen molar-refractivity contribution in [1.29, 1.82) is 0 Å². The fourth-order valence-corrected chi connectivity index (χ4v) is 3.59. The van der Waals surface area contributed by atoms with E-state index in [1.54, 1.807) is 6.07 Å². The fraction of sp³-hybridized carbons (Fsp3) is 0.522. The van der Waals surface area contributed by atoms with Crippen LogP contribution in [0.2, 0.25) is 0 Å². The molecule has 0 spiro atoms. The Labute approximate surface area is 194 Å². The van der Waals surface area contributed by atoms with Crippen LogP contribution < -0.4 is 21.3 Å². The van der Waals surface area contributed by atoms with E-state index in [4.69, 9.17) is 15.5 Å². The number of likely N-dealkylation sites (tertiary alicyclic amines) is 1. The van der Waals surface area contributed by atoms with E-state index < -0.39 is 0 Å². The minimum atomic E-state index is 0.0923. The van der Waals surface area contributed by atoms with Gasteiger partial charge in [0.15, 0.2) is 5.82 Å². The lowest BCUT2D eigenvalue weighted by Gasteiger charge is -2.15. The highest BCUT2D eigenvalue weighted by atomic mass is 16.6. The van der Waals surface area contributed by atoms with Crippen molar-refractivity contribution >= 4 is 17.6 Å². The normalized spacial score (nSPS) is 19.1. The number of anilines is 3. The number of hydrogen-bond acceptors (Lipinski definition) is 9. The highest BCUT2D eigenvalue weighted by molar-refractivity contribution is 5.55. The summed E-state index contributed by atoms with van der Waals surface area (Å²) in [6.07, 6.45) is 5.30. The van der Waals surface area contributed by atoms with E-state index in [0.717, 1.165) is 30.8 Å². The predicted octanol–water partition coefficient (Wildman–Crippen LogP) is 3.30. The zero-order valence-corrected chi connectivity index (χ0v) is 19.6. The van der Waals surface area contributed by atoms with Gasteiger partial charge in [-0.25, -0.2) is 0 Å². The van der Waals surface area contributed by atoms with Gasteiger partial charge in [0.05, 0.1) is 6.54 Å². The summed E-state index contributed by atoms with van der Waals surface area (Å²) in [6, 6.07) is 3.83. The molecule has 1 unspecified atom stereocenters. The third kappa shape index (κ3) is 6.45. The summed E-state index contributed by atoms with van der Waals surface area (Å²) in [6.45, 7) is 10.3. The molecule has 0 bridgehead atoms. The van der Waals surface area contributed by atoms with Gasteiger partial charge in [0.2, 0.25) is 11.8 Å². The first-order valence-electron chi connectivity index (χ1n) is 11.5. The van der Waals surface area contributed by atoms with Gasteiger partial charge in [-0.2, -0.15) is 21.0 Å². The molecule has 1 saturated heterocycles. The SMILES string of the molecule is C=C(/C=C(/CNc1nc(Nc2cc(C3CC3)[nH]n2)cc(OC2CCN(C)C2)n1)ON)C(C)C. The number of rotatable bonds is 11. The standard InChI is InChI=1S/C23H34N8O2/c1-14(2)15(3)9-18(33-24)12-25-23-27-20(26-21-10-19(29-30-21)16-5-6-16)11-22(28-23)32-17-7-8-31(4)13-17/h9-11,14,16-17H,3,5-8,12-13,24H2,1-2,4H3,(H3,25,26,27,28,29,30)/b18-9-. The third-order valence-corrected chi connectivity index (χ3v) is 5.87. The van der Waals surface area contributed by atoms with E-state index in [1.165, 1.54) is 12.8 Å². The molecule has 178 valence electrons. The molecule has 0 amide bonds. The van der Waals surface area contributed by atoms with Crippen molar-refractivity contribution in [1.82, 2.24) is 25.1 Å². The van der Waals surface area contributed by atoms with Crippen molar-refractivity contribution in [2.45, 2.75) is 45.1 Å². The maximum absolute atomic E-state index is 6.16. The van der Waals surface area contributed by atoms with E-state index >= 15 is 0 Å². The van der Waals surface area contributed by atoms with Gasteiger partial charge in [0, 0.05) is 36.8 Å². The van der Waals surface area contributed by atoms with Crippen molar-refractivity contribution in [2.75, 3.05) is 37.3 Å². The Morgan fingerprint density at radius 2 is 2.12 bits per heavy atom. The lowest BCUT2D eigenvalue weighted by Crippen LogP contribution is -2.22. The van der Waals surface area contributed by atoms with E-state index in [9.17, 15) is 0 Å². The monoisotopic (exact) mass is 454 g/mol. The number of aromatic nitrogens is 4. The highest BCUT2D eigenvalue weighted by Gasteiger charge is 2.26. The molecule has 2 aliphatic rings. The molecule has 1 aliphatic heterocycles. The molecule has 2 aromatic rings. The lowest BCUT2D eigenvalue weighted by molar-refractivity contribution is 0.200. The smallest absolute Gasteiger partial charge is 0.228 e. The van der Waals surface area contributed by atoms with Crippen molar-refractivity contribution in [3.8, 4) is 5.88 Å². The summed E-state index contributed by atoms with van der Waals surface area (Å²) in [7, 11) is 2.09. The van der Waals surface area contributed by atoms with Crippen LogP contribution in [0.15, 0.2) is 36.1 Å². The van der Waals surface area contributed by atoms with Crippen LogP contribution >= 0.6 is 0 Å². The quantitative estimate of drug-likeness (QED) is 0.230. The second-order valence-corrected chi connectivity index (χ2v) is 9.13. The van der Waals surface area contributed by atoms with Crippen LogP contribution in [-0.4, -0.2) is 57.9 Å². The first-order chi connectivity index (χ1) is 15.9. The number of nitrogens with one attached hydrogen (secondary N) is 3. The molecular formula is C23H34N8O2. The molecule has 0 aromatic carbocycles. The van der Waals surface area contributed by atoms with Crippen LogP contribution in [0.1, 0.15) is 44.7 Å². The molecule has 2 aromatic heterocycles. The molecule has 1 saturated carbocycles. The first-order valence-corrected chi connectivity index (χ1v) is 11.5. The van der Waals surface area contributed by atoms with Crippen molar-refractivity contribution < 1.29 is 9.57 Å². The number of likely N-dealkylation sites (N-methyl/N-ethyl adjacent to an activating group) is 1. The Morgan fingerprint density at radius 1 is 1.30 bits per heavy atom. The summed E-state index contributed by atoms with van der Waals surface area (Å²) >= 11 is 0. The zero-order valence-electron chi connectivity index (χ0n) is 19.6. The number of H-pyrrole nitrogens is 1. The molecule has 10 nitrogen and oxygen atoms in total. The number of nitrogens with two attached hydrogens (primary N) is 1. The fourth-order valence-electron chi connectivity index (χ4n) is 3.59. The molecule has 5 N–H and O–H groups in total. The average Bonchev–Trinajstić information content (AvgIpc) is 3.40. The van der Waals surface area contributed by atoms with Crippen LogP contribution in [0.25, 0.3) is 0 Å². The average molecular weight is 455 g/mol. The lowest BCUT2D eigenvalue weighted by atomic mass is 10.0. The molecular weight excluding hydrogens is 420 g/mol. The third-order valence-electron chi connectivity index (χ3n) is 5.87. The molecule has 33 heavy (non-hydrogen) atoms. The van der Waals surface area contributed by atoms with Crippen LogP contribution in [0, 0.1) is 5.92 Å². The maximum atomic E-state index is 6.16. The first kappa shape index (κ1) is 23.1.